The minimum Gasteiger partial charge on any atom is -0.467 e. The molecular weight excluding hydrogens is 266 g/mol. The molecule has 6 heteroatoms. The van der Waals surface area contributed by atoms with Crippen LogP contribution in [0.1, 0.15) is 27.2 Å². The maximum absolute atomic E-state index is 12.3. The first-order valence-electron chi connectivity index (χ1n) is 6.48. The number of fused-ring (bicyclic) bond motifs is 1. The van der Waals surface area contributed by atoms with Gasteiger partial charge in [-0.3, -0.25) is 4.90 Å². The van der Waals surface area contributed by atoms with E-state index in [1.165, 1.54) is 7.11 Å². The van der Waals surface area contributed by atoms with Gasteiger partial charge in [-0.2, -0.15) is 11.8 Å². The Balaban J connectivity index is 2.25. The molecular formula is C13H21NO4S. The van der Waals surface area contributed by atoms with Crippen molar-refractivity contribution in [3.8, 4) is 0 Å². The van der Waals surface area contributed by atoms with Crippen molar-refractivity contribution in [2.75, 3.05) is 25.2 Å². The van der Waals surface area contributed by atoms with E-state index in [2.05, 4.69) is 0 Å². The van der Waals surface area contributed by atoms with Gasteiger partial charge in [-0.1, -0.05) is 0 Å². The Morgan fingerprint density at radius 2 is 2.05 bits per heavy atom. The summed E-state index contributed by atoms with van der Waals surface area (Å²) in [6, 6.07) is 0. The third-order valence-electron chi connectivity index (χ3n) is 3.65. The van der Waals surface area contributed by atoms with E-state index in [1.807, 2.05) is 20.8 Å². The van der Waals surface area contributed by atoms with Gasteiger partial charge >= 0.3 is 12.1 Å². The van der Waals surface area contributed by atoms with Gasteiger partial charge in [-0.05, 0) is 32.9 Å². The van der Waals surface area contributed by atoms with Gasteiger partial charge in [0.15, 0.2) is 5.54 Å². The van der Waals surface area contributed by atoms with Gasteiger partial charge < -0.3 is 9.47 Å². The number of rotatable bonds is 1. The van der Waals surface area contributed by atoms with Gasteiger partial charge in [0, 0.05) is 18.2 Å². The largest absolute Gasteiger partial charge is 0.467 e. The smallest absolute Gasteiger partial charge is 0.411 e. The summed E-state index contributed by atoms with van der Waals surface area (Å²) in [7, 11) is 1.38. The lowest BCUT2D eigenvalue weighted by atomic mass is 9.88. The molecule has 0 N–H and O–H groups in total. The van der Waals surface area contributed by atoms with E-state index in [4.69, 9.17) is 9.47 Å². The molecule has 2 saturated heterocycles. The van der Waals surface area contributed by atoms with Gasteiger partial charge in [-0.15, -0.1) is 0 Å². The second kappa shape index (κ2) is 4.89. The van der Waals surface area contributed by atoms with Gasteiger partial charge in [-0.25, -0.2) is 9.59 Å². The molecule has 0 aromatic carbocycles. The van der Waals surface area contributed by atoms with Gasteiger partial charge in [0.05, 0.1) is 7.11 Å². The first-order chi connectivity index (χ1) is 8.81. The molecule has 0 aromatic heterocycles. The fraction of sp³-hybridized carbons (Fsp3) is 0.846. The molecule has 0 saturated carbocycles. The number of carbonyl (C=O) groups is 2. The van der Waals surface area contributed by atoms with E-state index < -0.39 is 17.2 Å². The molecule has 2 aliphatic heterocycles. The summed E-state index contributed by atoms with van der Waals surface area (Å²) in [5.41, 5.74) is -1.38. The lowest BCUT2D eigenvalue weighted by Gasteiger charge is -2.36. The van der Waals surface area contributed by atoms with Gasteiger partial charge in [0.25, 0.3) is 0 Å². The van der Waals surface area contributed by atoms with Crippen molar-refractivity contribution in [1.82, 2.24) is 4.90 Å². The summed E-state index contributed by atoms with van der Waals surface area (Å²) in [6.07, 6.45) is 0.421. The Morgan fingerprint density at radius 1 is 1.37 bits per heavy atom. The molecule has 2 fully saturated rings. The third kappa shape index (κ3) is 2.42. The fourth-order valence-corrected chi connectivity index (χ4v) is 4.47. The number of hydrogen-bond donors (Lipinski definition) is 0. The quantitative estimate of drug-likeness (QED) is 0.689. The van der Waals surface area contributed by atoms with Crippen LogP contribution in [0.2, 0.25) is 0 Å². The highest BCUT2D eigenvalue weighted by Gasteiger charge is 2.60. The molecule has 0 aliphatic carbocycles. The molecule has 0 radical (unpaired) electrons. The van der Waals surface area contributed by atoms with Crippen molar-refractivity contribution in [3.63, 3.8) is 0 Å². The molecule has 0 bridgehead atoms. The summed E-state index contributed by atoms with van der Waals surface area (Å²) in [5, 5.41) is 0. The minimum atomic E-state index is -0.818. The van der Waals surface area contributed by atoms with Crippen molar-refractivity contribution in [1.29, 1.82) is 0 Å². The third-order valence-corrected chi connectivity index (χ3v) is 4.93. The van der Waals surface area contributed by atoms with Crippen LogP contribution >= 0.6 is 11.8 Å². The van der Waals surface area contributed by atoms with E-state index in [9.17, 15) is 9.59 Å². The predicted molar refractivity (Wildman–Crippen MR) is 73.1 cm³/mol. The molecule has 0 aromatic rings. The van der Waals surface area contributed by atoms with E-state index in [0.717, 1.165) is 12.2 Å². The molecule has 0 spiro atoms. The van der Waals surface area contributed by atoms with Crippen LogP contribution in [0.3, 0.4) is 0 Å². The number of nitrogens with zero attached hydrogens (tertiary/aromatic N) is 1. The Bertz CT molecular complexity index is 393. The zero-order valence-electron chi connectivity index (χ0n) is 11.9. The molecule has 108 valence electrons. The van der Waals surface area contributed by atoms with Crippen molar-refractivity contribution in [2.45, 2.75) is 38.3 Å². The van der Waals surface area contributed by atoms with E-state index in [0.29, 0.717) is 12.3 Å². The maximum atomic E-state index is 12.3. The SMILES string of the molecule is COC(=O)C12CSCC1CCN2C(=O)OC(C)(C)C. The number of methoxy groups -OCH3 is 1. The van der Waals surface area contributed by atoms with Crippen LogP contribution in [-0.2, 0) is 14.3 Å². The highest BCUT2D eigenvalue weighted by atomic mass is 32.2. The molecule has 19 heavy (non-hydrogen) atoms. The number of likely N-dealkylation sites (tertiary alicyclic amines) is 1. The summed E-state index contributed by atoms with van der Waals surface area (Å²) >= 11 is 1.70. The molecule has 5 nitrogen and oxygen atoms in total. The number of hydrogen-bond acceptors (Lipinski definition) is 5. The number of thioether (sulfide) groups is 1. The van der Waals surface area contributed by atoms with E-state index in [1.54, 1.807) is 16.7 Å². The fourth-order valence-electron chi connectivity index (χ4n) is 2.80. The summed E-state index contributed by atoms with van der Waals surface area (Å²) in [6.45, 7) is 6.04. The van der Waals surface area contributed by atoms with Crippen LogP contribution in [0.4, 0.5) is 4.79 Å². The lowest BCUT2D eigenvalue weighted by Crippen LogP contribution is -2.58. The minimum absolute atomic E-state index is 0.178. The normalized spacial score (nSPS) is 30.1. The Labute approximate surface area is 118 Å². The van der Waals surface area contributed by atoms with E-state index in [-0.39, 0.29) is 11.9 Å². The number of esters is 1. The molecule has 1 amide bonds. The summed E-state index contributed by atoms with van der Waals surface area (Å²) in [5.74, 6) is 1.36. The van der Waals surface area contributed by atoms with Crippen LogP contribution < -0.4 is 0 Å². The second-order valence-corrected chi connectivity index (χ2v) is 7.08. The average Bonchev–Trinajstić information content (AvgIpc) is 2.83. The molecule has 2 aliphatic rings. The number of ether oxygens (including phenoxy) is 2. The van der Waals surface area contributed by atoms with Gasteiger partial charge in [0.1, 0.15) is 5.60 Å². The predicted octanol–water partition coefficient (Wildman–Crippen LogP) is 1.90. The second-order valence-electron chi connectivity index (χ2n) is 6.05. The molecule has 2 unspecified atom stereocenters. The average molecular weight is 287 g/mol. The Morgan fingerprint density at radius 3 is 2.63 bits per heavy atom. The van der Waals surface area contributed by atoms with Crippen LogP contribution in [0.15, 0.2) is 0 Å². The van der Waals surface area contributed by atoms with Crippen molar-refractivity contribution >= 4 is 23.8 Å². The first kappa shape index (κ1) is 14.5. The van der Waals surface area contributed by atoms with Crippen LogP contribution in [0, 0.1) is 5.92 Å². The zero-order chi connectivity index (χ0) is 14.3. The Hall–Kier alpha value is -0.910. The number of amides is 1. The van der Waals surface area contributed by atoms with Gasteiger partial charge in [0.2, 0.25) is 0 Å². The molecule has 2 heterocycles. The monoisotopic (exact) mass is 287 g/mol. The van der Waals surface area contributed by atoms with Crippen molar-refractivity contribution in [2.24, 2.45) is 5.92 Å². The standard InChI is InChI=1S/C13H21NO4S/c1-12(2,3)18-11(16)14-6-5-9-7-19-8-13(9,14)10(15)17-4/h9H,5-8H2,1-4H3. The maximum Gasteiger partial charge on any atom is 0.411 e. The summed E-state index contributed by atoms with van der Waals surface area (Å²) in [4.78, 5) is 26.1. The topological polar surface area (TPSA) is 55.8 Å². The molecule has 2 atom stereocenters. The number of carbonyl (C=O) groups excluding carboxylic acids is 2. The van der Waals surface area contributed by atoms with Crippen LogP contribution in [0.25, 0.3) is 0 Å². The zero-order valence-corrected chi connectivity index (χ0v) is 12.7. The van der Waals surface area contributed by atoms with E-state index >= 15 is 0 Å². The van der Waals surface area contributed by atoms with Crippen molar-refractivity contribution < 1.29 is 19.1 Å². The van der Waals surface area contributed by atoms with Crippen LogP contribution in [-0.4, -0.2) is 53.3 Å². The first-order valence-corrected chi connectivity index (χ1v) is 7.63. The highest BCUT2D eigenvalue weighted by molar-refractivity contribution is 7.99. The lowest BCUT2D eigenvalue weighted by molar-refractivity contribution is -0.153. The highest BCUT2D eigenvalue weighted by Crippen LogP contribution is 2.46. The molecule has 2 rings (SSSR count). The summed E-state index contributed by atoms with van der Waals surface area (Å²) < 4.78 is 10.4. The van der Waals surface area contributed by atoms with Crippen LogP contribution in [0.5, 0.6) is 0 Å². The van der Waals surface area contributed by atoms with Crippen molar-refractivity contribution in [3.05, 3.63) is 0 Å². The Kier molecular flexibility index (Phi) is 3.73.